The lowest BCUT2D eigenvalue weighted by molar-refractivity contribution is 0.0991. The summed E-state index contributed by atoms with van der Waals surface area (Å²) in [4.78, 5) is 36.4. The van der Waals surface area contributed by atoms with E-state index in [9.17, 15) is 14.0 Å². The molecule has 0 atom stereocenters. The van der Waals surface area contributed by atoms with Crippen LogP contribution in [-0.4, -0.2) is 39.3 Å². The molecular formula is C35H29FN4O5. The molecule has 0 spiro atoms. The van der Waals surface area contributed by atoms with E-state index in [1.54, 1.807) is 55.3 Å². The van der Waals surface area contributed by atoms with Gasteiger partial charge >= 0.3 is 0 Å². The van der Waals surface area contributed by atoms with Crippen LogP contribution in [0.15, 0.2) is 83.9 Å². The standard InChI is InChI=1S/C35H29FN4O5/c1-43-31-18-24-26(19-32(31)44-2)37-20-38-34(24)45-30-15-14-21(22-9-3-4-10-23(22)30)17-29(41)33-28-13-7-8-16-39(28)40(35(33)42)27-12-6-5-11-25(27)36/h3-6,9-12,14-15,18-20H,7-8,13,16-17H2,1-2H3. The van der Waals surface area contributed by atoms with Gasteiger partial charge in [0.05, 0.1) is 30.8 Å². The predicted octanol–water partition coefficient (Wildman–Crippen LogP) is 6.45. The number of para-hydroxylation sites is 1. The average molecular weight is 605 g/mol. The number of hydrogen-bond donors (Lipinski definition) is 0. The van der Waals surface area contributed by atoms with E-state index in [-0.39, 0.29) is 23.5 Å². The van der Waals surface area contributed by atoms with Crippen molar-refractivity contribution in [1.29, 1.82) is 0 Å². The number of aromatic nitrogens is 4. The molecule has 0 saturated heterocycles. The molecule has 6 aromatic rings. The molecule has 226 valence electrons. The Hall–Kier alpha value is -5.51. The van der Waals surface area contributed by atoms with Crippen molar-refractivity contribution in [1.82, 2.24) is 19.3 Å². The highest BCUT2D eigenvalue weighted by molar-refractivity contribution is 6.02. The summed E-state index contributed by atoms with van der Waals surface area (Å²) in [5, 5.41) is 2.23. The second-order valence-corrected chi connectivity index (χ2v) is 10.8. The van der Waals surface area contributed by atoms with E-state index in [0.29, 0.717) is 52.7 Å². The first-order chi connectivity index (χ1) is 22.0. The Morgan fingerprint density at radius 1 is 0.867 bits per heavy atom. The van der Waals surface area contributed by atoms with Crippen molar-refractivity contribution in [3.8, 4) is 28.8 Å². The molecule has 0 amide bonds. The molecule has 0 fully saturated rings. The van der Waals surface area contributed by atoms with Crippen molar-refractivity contribution in [3.05, 3.63) is 112 Å². The topological polar surface area (TPSA) is 97.5 Å². The fourth-order valence-electron chi connectivity index (χ4n) is 6.16. The summed E-state index contributed by atoms with van der Waals surface area (Å²) in [6, 6.07) is 20.9. The minimum Gasteiger partial charge on any atom is -0.493 e. The van der Waals surface area contributed by atoms with E-state index < -0.39 is 11.4 Å². The summed E-state index contributed by atoms with van der Waals surface area (Å²) in [5.41, 5.74) is 1.81. The molecule has 4 aromatic carbocycles. The van der Waals surface area contributed by atoms with E-state index in [1.165, 1.54) is 17.1 Å². The zero-order valence-corrected chi connectivity index (χ0v) is 24.7. The predicted molar refractivity (Wildman–Crippen MR) is 168 cm³/mol. The molecule has 0 bridgehead atoms. The quantitative estimate of drug-likeness (QED) is 0.184. The number of benzene rings is 4. The number of ether oxygens (including phenoxy) is 3. The molecule has 0 aliphatic carbocycles. The molecule has 0 radical (unpaired) electrons. The molecule has 1 aliphatic heterocycles. The fourth-order valence-corrected chi connectivity index (χ4v) is 6.16. The van der Waals surface area contributed by atoms with Crippen molar-refractivity contribution in [2.24, 2.45) is 0 Å². The van der Waals surface area contributed by atoms with Crippen LogP contribution >= 0.6 is 0 Å². The number of hydrogen-bond acceptors (Lipinski definition) is 7. The van der Waals surface area contributed by atoms with Crippen molar-refractivity contribution in [2.75, 3.05) is 14.2 Å². The molecule has 7 rings (SSSR count). The molecule has 3 heterocycles. The van der Waals surface area contributed by atoms with Gasteiger partial charge in [-0.2, -0.15) is 0 Å². The normalized spacial score (nSPS) is 12.7. The van der Waals surface area contributed by atoms with Crippen molar-refractivity contribution >= 4 is 27.5 Å². The van der Waals surface area contributed by atoms with Gasteiger partial charge in [0.25, 0.3) is 5.56 Å². The van der Waals surface area contributed by atoms with Gasteiger partial charge < -0.3 is 14.2 Å². The highest BCUT2D eigenvalue weighted by Crippen LogP contribution is 2.38. The Morgan fingerprint density at radius 2 is 1.62 bits per heavy atom. The van der Waals surface area contributed by atoms with Crippen LogP contribution in [0, 0.1) is 5.82 Å². The van der Waals surface area contributed by atoms with Gasteiger partial charge in [0, 0.05) is 24.4 Å². The molecule has 9 nitrogen and oxygen atoms in total. The van der Waals surface area contributed by atoms with Gasteiger partial charge in [-0.1, -0.05) is 42.5 Å². The van der Waals surface area contributed by atoms with Gasteiger partial charge in [0.15, 0.2) is 17.3 Å². The maximum absolute atomic E-state index is 14.8. The maximum Gasteiger partial charge on any atom is 0.282 e. The molecule has 45 heavy (non-hydrogen) atoms. The van der Waals surface area contributed by atoms with Gasteiger partial charge in [0.2, 0.25) is 5.88 Å². The maximum atomic E-state index is 14.8. The van der Waals surface area contributed by atoms with Gasteiger partial charge in [-0.25, -0.2) is 19.0 Å². The van der Waals surface area contributed by atoms with Crippen molar-refractivity contribution < 1.29 is 23.4 Å². The average Bonchev–Trinajstić information content (AvgIpc) is 3.37. The van der Waals surface area contributed by atoms with Crippen LogP contribution in [0.2, 0.25) is 0 Å². The highest BCUT2D eigenvalue weighted by Gasteiger charge is 2.29. The Kier molecular flexibility index (Phi) is 7.25. The van der Waals surface area contributed by atoms with Crippen molar-refractivity contribution in [3.63, 3.8) is 0 Å². The van der Waals surface area contributed by atoms with Crippen LogP contribution in [0.5, 0.6) is 23.1 Å². The number of nitrogens with zero attached hydrogens (tertiary/aromatic N) is 4. The Balaban J connectivity index is 1.27. The van der Waals surface area contributed by atoms with Crippen LogP contribution in [0.3, 0.4) is 0 Å². The Labute approximate surface area is 257 Å². The Morgan fingerprint density at radius 3 is 2.42 bits per heavy atom. The van der Waals surface area contributed by atoms with Crippen molar-refractivity contribution in [2.45, 2.75) is 32.2 Å². The first kappa shape index (κ1) is 28.3. The molecule has 0 N–H and O–H groups in total. The van der Waals surface area contributed by atoms with E-state index >= 15 is 0 Å². The zero-order valence-electron chi connectivity index (χ0n) is 24.7. The third kappa shape index (κ3) is 4.88. The van der Waals surface area contributed by atoms with E-state index in [1.807, 2.05) is 30.3 Å². The van der Waals surface area contributed by atoms with Crippen LogP contribution < -0.4 is 19.8 Å². The third-order valence-corrected chi connectivity index (χ3v) is 8.28. The minimum absolute atomic E-state index is 0.00223. The first-order valence-corrected chi connectivity index (χ1v) is 14.7. The number of ketones is 1. The second-order valence-electron chi connectivity index (χ2n) is 10.8. The van der Waals surface area contributed by atoms with Crippen LogP contribution in [0.4, 0.5) is 4.39 Å². The monoisotopic (exact) mass is 604 g/mol. The van der Waals surface area contributed by atoms with E-state index in [4.69, 9.17) is 14.2 Å². The number of halogens is 1. The smallest absolute Gasteiger partial charge is 0.282 e. The summed E-state index contributed by atoms with van der Waals surface area (Å²) in [6.45, 7) is 0.539. The fraction of sp³-hybridized carbons (Fsp3) is 0.200. The number of rotatable bonds is 8. The number of Topliss-reactive ketones (excluding diaryl/α,β-unsaturated/α-hetero) is 1. The van der Waals surface area contributed by atoms with E-state index in [2.05, 4.69) is 9.97 Å². The second kappa shape index (κ2) is 11.5. The zero-order chi connectivity index (χ0) is 31.1. The lowest BCUT2D eigenvalue weighted by Gasteiger charge is -2.19. The largest absolute Gasteiger partial charge is 0.493 e. The lowest BCUT2D eigenvalue weighted by atomic mass is 9.96. The summed E-state index contributed by atoms with van der Waals surface area (Å²) >= 11 is 0. The Bertz CT molecular complexity index is 2170. The summed E-state index contributed by atoms with van der Waals surface area (Å²) in [5.74, 6) is 1.12. The summed E-state index contributed by atoms with van der Waals surface area (Å²) in [7, 11) is 3.12. The molecule has 0 saturated carbocycles. The minimum atomic E-state index is -0.514. The molecule has 10 heteroatoms. The van der Waals surface area contributed by atoms with Gasteiger partial charge in [-0.3, -0.25) is 14.3 Å². The number of methoxy groups -OCH3 is 2. The number of carbonyl (C=O) groups excluding carboxylic acids is 1. The molecule has 1 aliphatic rings. The van der Waals surface area contributed by atoms with Gasteiger partial charge in [-0.15, -0.1) is 0 Å². The van der Waals surface area contributed by atoms with Crippen LogP contribution in [0.25, 0.3) is 27.4 Å². The molecular weight excluding hydrogens is 575 g/mol. The van der Waals surface area contributed by atoms with Crippen LogP contribution in [-0.2, 0) is 19.4 Å². The van der Waals surface area contributed by atoms with Crippen LogP contribution in [0.1, 0.15) is 34.5 Å². The number of carbonyl (C=O) groups is 1. The number of fused-ring (bicyclic) bond motifs is 3. The first-order valence-electron chi connectivity index (χ1n) is 14.7. The van der Waals surface area contributed by atoms with Gasteiger partial charge in [-0.05, 0) is 54.5 Å². The molecule has 0 unspecified atom stereocenters. The van der Waals surface area contributed by atoms with Gasteiger partial charge in [0.1, 0.15) is 29.1 Å². The SMILES string of the molecule is COc1cc2ncnc(Oc3ccc(CC(=O)c4c5n(n(-c6ccccc6F)c4=O)CCCC5)c4ccccc34)c2cc1OC. The molecule has 2 aromatic heterocycles. The summed E-state index contributed by atoms with van der Waals surface area (Å²) < 4.78 is 35.1. The van der Waals surface area contributed by atoms with E-state index in [0.717, 1.165) is 29.2 Å². The third-order valence-electron chi connectivity index (χ3n) is 8.28. The highest BCUT2D eigenvalue weighted by atomic mass is 19.1. The lowest BCUT2D eigenvalue weighted by Crippen LogP contribution is -2.25. The summed E-state index contributed by atoms with van der Waals surface area (Å²) in [6.07, 6.45) is 3.70.